The summed E-state index contributed by atoms with van der Waals surface area (Å²) in [5, 5.41) is 10.2. The fraction of sp³-hybridized carbons (Fsp3) is 0. The first-order valence-corrected chi connectivity index (χ1v) is 6.79. The molecule has 0 spiro atoms. The quantitative estimate of drug-likeness (QED) is 0.803. The molecular formula is C17H11F2N3O. The molecule has 0 aliphatic rings. The molecule has 1 aromatic heterocycles. The fourth-order valence-corrected chi connectivity index (χ4v) is 1.99. The molecule has 1 N–H and O–H groups in total. The van der Waals surface area contributed by atoms with Gasteiger partial charge in [-0.05, 0) is 24.3 Å². The number of aromatic nitrogens is 2. The van der Waals surface area contributed by atoms with E-state index in [4.69, 9.17) is 0 Å². The molecule has 0 aliphatic carbocycles. The molecule has 0 radical (unpaired) electrons. The molecule has 0 saturated heterocycles. The number of rotatable bonds is 3. The van der Waals surface area contributed by atoms with E-state index in [1.165, 1.54) is 6.07 Å². The van der Waals surface area contributed by atoms with Crippen molar-refractivity contribution in [2.24, 2.45) is 0 Å². The Morgan fingerprint density at radius 1 is 0.913 bits per heavy atom. The van der Waals surface area contributed by atoms with Crippen LogP contribution in [0.1, 0.15) is 10.5 Å². The van der Waals surface area contributed by atoms with Crippen molar-refractivity contribution in [2.45, 2.75) is 0 Å². The van der Waals surface area contributed by atoms with Crippen molar-refractivity contribution in [3.8, 4) is 11.3 Å². The number of hydrogen-bond donors (Lipinski definition) is 1. The lowest BCUT2D eigenvalue weighted by Gasteiger charge is -2.06. The zero-order valence-electron chi connectivity index (χ0n) is 11.8. The van der Waals surface area contributed by atoms with Gasteiger partial charge in [-0.15, -0.1) is 10.2 Å². The number of amides is 1. The first-order chi connectivity index (χ1) is 11.1. The molecule has 23 heavy (non-hydrogen) atoms. The summed E-state index contributed by atoms with van der Waals surface area (Å²) in [4.78, 5) is 12.0. The van der Waals surface area contributed by atoms with Gasteiger partial charge in [0.2, 0.25) is 0 Å². The van der Waals surface area contributed by atoms with Gasteiger partial charge in [0.05, 0.1) is 11.4 Å². The molecule has 114 valence electrons. The highest BCUT2D eigenvalue weighted by Crippen LogP contribution is 2.17. The van der Waals surface area contributed by atoms with Crippen LogP contribution in [-0.4, -0.2) is 16.1 Å². The average molecular weight is 311 g/mol. The van der Waals surface area contributed by atoms with Gasteiger partial charge >= 0.3 is 0 Å². The molecule has 0 saturated carbocycles. The molecule has 3 rings (SSSR count). The summed E-state index contributed by atoms with van der Waals surface area (Å²) in [6.07, 6.45) is 0. The van der Waals surface area contributed by atoms with E-state index in [0.29, 0.717) is 11.8 Å². The van der Waals surface area contributed by atoms with Gasteiger partial charge in [0, 0.05) is 11.6 Å². The maximum absolute atomic E-state index is 13.5. The molecule has 0 fully saturated rings. The third-order valence-electron chi connectivity index (χ3n) is 3.15. The molecule has 0 unspecified atom stereocenters. The normalized spacial score (nSPS) is 10.3. The number of halogens is 2. The van der Waals surface area contributed by atoms with Gasteiger partial charge in [-0.25, -0.2) is 8.78 Å². The Morgan fingerprint density at radius 3 is 2.35 bits per heavy atom. The summed E-state index contributed by atoms with van der Waals surface area (Å²) >= 11 is 0. The summed E-state index contributed by atoms with van der Waals surface area (Å²) in [6, 6.07) is 15.4. The van der Waals surface area contributed by atoms with Crippen molar-refractivity contribution in [2.75, 3.05) is 5.32 Å². The van der Waals surface area contributed by atoms with Crippen LogP contribution in [-0.2, 0) is 0 Å². The fourth-order valence-electron chi connectivity index (χ4n) is 1.99. The second kappa shape index (κ2) is 6.31. The molecule has 6 heteroatoms. The Hall–Kier alpha value is -3.15. The number of carbonyl (C=O) groups excluding carboxylic acids is 1. The molecule has 0 aliphatic heterocycles. The summed E-state index contributed by atoms with van der Waals surface area (Å²) in [6.45, 7) is 0. The van der Waals surface area contributed by atoms with Crippen LogP contribution in [0.15, 0.2) is 60.7 Å². The number of anilines is 1. The largest absolute Gasteiger partial charge is 0.318 e. The summed E-state index contributed by atoms with van der Waals surface area (Å²) in [5.41, 5.74) is 1.41. The molecule has 0 atom stereocenters. The minimum Gasteiger partial charge on any atom is -0.318 e. The van der Waals surface area contributed by atoms with Crippen LogP contribution in [0.25, 0.3) is 11.3 Å². The number of carbonyl (C=O) groups is 1. The van der Waals surface area contributed by atoms with Crippen LogP contribution in [0.4, 0.5) is 14.5 Å². The van der Waals surface area contributed by atoms with Crippen LogP contribution in [0.2, 0.25) is 0 Å². The first kappa shape index (κ1) is 14.8. The second-order valence-corrected chi connectivity index (χ2v) is 4.75. The maximum atomic E-state index is 13.5. The zero-order valence-corrected chi connectivity index (χ0v) is 11.8. The van der Waals surface area contributed by atoms with Gasteiger partial charge in [0.1, 0.15) is 11.6 Å². The van der Waals surface area contributed by atoms with E-state index in [9.17, 15) is 13.6 Å². The second-order valence-electron chi connectivity index (χ2n) is 4.75. The summed E-state index contributed by atoms with van der Waals surface area (Å²) in [7, 11) is 0. The smallest absolute Gasteiger partial charge is 0.276 e. The van der Waals surface area contributed by atoms with Crippen molar-refractivity contribution in [3.63, 3.8) is 0 Å². The highest BCUT2D eigenvalue weighted by molar-refractivity contribution is 6.02. The van der Waals surface area contributed by atoms with Crippen molar-refractivity contribution in [1.29, 1.82) is 0 Å². The third kappa shape index (κ3) is 3.37. The van der Waals surface area contributed by atoms with Crippen LogP contribution in [0.3, 0.4) is 0 Å². The lowest BCUT2D eigenvalue weighted by molar-refractivity contribution is 0.102. The highest BCUT2D eigenvalue weighted by atomic mass is 19.1. The monoisotopic (exact) mass is 311 g/mol. The van der Waals surface area contributed by atoms with Gasteiger partial charge in [0.15, 0.2) is 5.69 Å². The van der Waals surface area contributed by atoms with E-state index in [-0.39, 0.29) is 11.4 Å². The van der Waals surface area contributed by atoms with Crippen LogP contribution >= 0.6 is 0 Å². The van der Waals surface area contributed by atoms with E-state index in [1.54, 1.807) is 6.07 Å². The number of hydrogen-bond acceptors (Lipinski definition) is 3. The Morgan fingerprint density at radius 2 is 1.70 bits per heavy atom. The highest BCUT2D eigenvalue weighted by Gasteiger charge is 2.12. The van der Waals surface area contributed by atoms with Gasteiger partial charge in [-0.1, -0.05) is 30.3 Å². The van der Waals surface area contributed by atoms with Crippen molar-refractivity contribution in [3.05, 3.63) is 78.0 Å². The van der Waals surface area contributed by atoms with Gasteiger partial charge < -0.3 is 5.32 Å². The molecule has 0 bridgehead atoms. The van der Waals surface area contributed by atoms with Crippen LogP contribution in [0.5, 0.6) is 0 Å². The first-order valence-electron chi connectivity index (χ1n) is 6.79. The van der Waals surface area contributed by atoms with Crippen molar-refractivity contribution < 1.29 is 13.6 Å². The summed E-state index contributed by atoms with van der Waals surface area (Å²) < 4.78 is 26.4. The Balaban J connectivity index is 1.78. The molecule has 1 amide bonds. The van der Waals surface area contributed by atoms with Gasteiger partial charge in [0.25, 0.3) is 5.91 Å². The lowest BCUT2D eigenvalue weighted by Crippen LogP contribution is -2.15. The molecule has 3 aromatic rings. The third-order valence-corrected chi connectivity index (χ3v) is 3.15. The molecule has 4 nitrogen and oxygen atoms in total. The summed E-state index contributed by atoms with van der Waals surface area (Å²) in [5.74, 6) is -2.19. The minimum absolute atomic E-state index is 0.0356. The van der Waals surface area contributed by atoms with Gasteiger partial charge in [-0.2, -0.15) is 0 Å². The molecule has 1 heterocycles. The van der Waals surface area contributed by atoms with Crippen molar-refractivity contribution in [1.82, 2.24) is 10.2 Å². The maximum Gasteiger partial charge on any atom is 0.276 e. The standard InChI is InChI=1S/C17H11F2N3O/c18-12-6-7-15(13(19)10-12)20-17(23)16-9-8-14(21-22-16)11-4-2-1-3-5-11/h1-10H,(H,20,23). The zero-order chi connectivity index (χ0) is 16.2. The van der Waals surface area contributed by atoms with E-state index in [1.807, 2.05) is 30.3 Å². The van der Waals surface area contributed by atoms with E-state index >= 15 is 0 Å². The van der Waals surface area contributed by atoms with E-state index < -0.39 is 17.5 Å². The predicted octanol–water partition coefficient (Wildman–Crippen LogP) is 3.67. The SMILES string of the molecule is O=C(Nc1ccc(F)cc1F)c1ccc(-c2ccccc2)nn1. The topological polar surface area (TPSA) is 54.9 Å². The Labute approximate surface area is 130 Å². The van der Waals surface area contributed by atoms with Crippen LogP contribution < -0.4 is 5.32 Å². The number of nitrogens with one attached hydrogen (secondary N) is 1. The van der Waals surface area contributed by atoms with Gasteiger partial charge in [-0.3, -0.25) is 4.79 Å². The van der Waals surface area contributed by atoms with Crippen LogP contribution in [0, 0.1) is 11.6 Å². The lowest BCUT2D eigenvalue weighted by atomic mass is 10.1. The minimum atomic E-state index is -0.854. The average Bonchev–Trinajstić information content (AvgIpc) is 2.58. The Kier molecular flexibility index (Phi) is 4.05. The number of nitrogens with zero attached hydrogens (tertiary/aromatic N) is 2. The van der Waals surface area contributed by atoms with Crippen molar-refractivity contribution >= 4 is 11.6 Å². The Bertz CT molecular complexity index is 836. The molecular weight excluding hydrogens is 300 g/mol. The van der Waals surface area contributed by atoms with E-state index in [0.717, 1.165) is 17.7 Å². The van der Waals surface area contributed by atoms with E-state index in [2.05, 4.69) is 15.5 Å². The molecule has 2 aromatic carbocycles. The predicted molar refractivity (Wildman–Crippen MR) is 81.8 cm³/mol. The number of benzene rings is 2.